The molecule has 0 heterocycles. The van der Waals surface area contributed by atoms with E-state index in [1.807, 2.05) is 6.08 Å². The molecular formula is C17H22O4. The lowest BCUT2D eigenvalue weighted by atomic mass is 10.1. The fraction of sp³-hybridized carbons (Fsp3) is 0.353. The van der Waals surface area contributed by atoms with E-state index >= 15 is 0 Å². The highest BCUT2D eigenvalue weighted by Crippen LogP contribution is 2.32. The molecule has 0 unspecified atom stereocenters. The Morgan fingerprint density at radius 2 is 2.14 bits per heavy atom. The van der Waals surface area contributed by atoms with E-state index in [0.29, 0.717) is 23.7 Å². The van der Waals surface area contributed by atoms with Crippen molar-refractivity contribution in [1.82, 2.24) is 0 Å². The molecule has 0 aliphatic carbocycles. The van der Waals surface area contributed by atoms with Gasteiger partial charge in [0.2, 0.25) is 0 Å². The predicted octanol–water partition coefficient (Wildman–Crippen LogP) is 3.92. The molecule has 0 fully saturated rings. The van der Waals surface area contributed by atoms with Gasteiger partial charge in [0.25, 0.3) is 0 Å². The fourth-order valence-electron chi connectivity index (χ4n) is 1.88. The molecule has 1 aromatic rings. The summed E-state index contributed by atoms with van der Waals surface area (Å²) >= 11 is 0. The first-order chi connectivity index (χ1) is 10.2. The second kappa shape index (κ2) is 9.64. The molecule has 1 N–H and O–H groups in total. The zero-order chi connectivity index (χ0) is 15.5. The van der Waals surface area contributed by atoms with Crippen LogP contribution in [-0.4, -0.2) is 24.8 Å². The number of unbranched alkanes of at least 4 members (excludes halogenated alkanes) is 3. The van der Waals surface area contributed by atoms with Crippen molar-refractivity contribution in [2.75, 3.05) is 13.7 Å². The summed E-state index contributed by atoms with van der Waals surface area (Å²) in [6.07, 6.45) is 8.64. The molecule has 0 saturated heterocycles. The number of rotatable bonds is 10. The number of methoxy groups -OCH3 is 1. The van der Waals surface area contributed by atoms with E-state index in [1.165, 1.54) is 6.08 Å². The van der Waals surface area contributed by atoms with E-state index in [1.54, 1.807) is 25.3 Å². The number of aliphatic carboxylic acids is 1. The van der Waals surface area contributed by atoms with Gasteiger partial charge in [0.15, 0.2) is 11.5 Å². The summed E-state index contributed by atoms with van der Waals surface area (Å²) in [6.45, 7) is 4.27. The van der Waals surface area contributed by atoms with Gasteiger partial charge in [-0.25, -0.2) is 4.79 Å². The van der Waals surface area contributed by atoms with Crippen LogP contribution in [0.2, 0.25) is 0 Å². The van der Waals surface area contributed by atoms with Crippen LogP contribution in [-0.2, 0) is 4.79 Å². The van der Waals surface area contributed by atoms with Crippen LogP contribution in [0.4, 0.5) is 0 Å². The van der Waals surface area contributed by atoms with Gasteiger partial charge in [-0.2, -0.15) is 0 Å². The molecule has 114 valence electrons. The maximum absolute atomic E-state index is 10.6. The highest BCUT2D eigenvalue weighted by molar-refractivity contribution is 5.86. The number of carboxylic acid groups (broad SMARTS) is 1. The minimum Gasteiger partial charge on any atom is -0.493 e. The van der Waals surface area contributed by atoms with Gasteiger partial charge in [-0.1, -0.05) is 18.2 Å². The zero-order valence-corrected chi connectivity index (χ0v) is 12.4. The molecule has 4 heteroatoms. The van der Waals surface area contributed by atoms with Crippen LogP contribution in [0.25, 0.3) is 6.08 Å². The third-order valence-electron chi connectivity index (χ3n) is 2.93. The van der Waals surface area contributed by atoms with Crippen molar-refractivity contribution in [3.8, 4) is 11.5 Å². The Bertz CT molecular complexity index is 492. The van der Waals surface area contributed by atoms with Gasteiger partial charge >= 0.3 is 5.97 Å². The molecule has 1 rings (SSSR count). The lowest BCUT2D eigenvalue weighted by Gasteiger charge is -2.13. The summed E-state index contributed by atoms with van der Waals surface area (Å²) in [5, 5.41) is 8.72. The summed E-state index contributed by atoms with van der Waals surface area (Å²) in [5.41, 5.74) is 0.697. The largest absolute Gasteiger partial charge is 0.493 e. The second-order valence-electron chi connectivity index (χ2n) is 4.54. The minimum atomic E-state index is -0.992. The number of allylic oxidation sites excluding steroid dienone is 1. The Morgan fingerprint density at radius 3 is 2.81 bits per heavy atom. The molecule has 4 nitrogen and oxygen atoms in total. The van der Waals surface area contributed by atoms with E-state index < -0.39 is 5.97 Å². The van der Waals surface area contributed by atoms with Crippen molar-refractivity contribution in [1.29, 1.82) is 0 Å². The molecule has 0 radical (unpaired) electrons. The Hall–Kier alpha value is -2.23. The van der Waals surface area contributed by atoms with Crippen LogP contribution in [0, 0.1) is 0 Å². The van der Waals surface area contributed by atoms with Gasteiger partial charge in [-0.3, -0.25) is 0 Å². The topological polar surface area (TPSA) is 55.8 Å². The maximum Gasteiger partial charge on any atom is 0.328 e. The smallest absolute Gasteiger partial charge is 0.328 e. The first-order valence-electron chi connectivity index (χ1n) is 7.00. The number of carboxylic acids is 1. The van der Waals surface area contributed by atoms with Crippen LogP contribution in [0.5, 0.6) is 11.5 Å². The standard InChI is InChI=1S/C17H22O4/c1-3-4-5-6-7-13-21-17-14(11-12-16(18)19)9-8-10-15(17)20-2/h3,8-12H,1,4-7,13H2,2H3,(H,18,19)/b12-11+. The van der Waals surface area contributed by atoms with Crippen molar-refractivity contribution in [3.63, 3.8) is 0 Å². The number of benzene rings is 1. The quantitative estimate of drug-likeness (QED) is 0.403. The average Bonchev–Trinajstić information content (AvgIpc) is 2.49. The molecule has 0 aliphatic heterocycles. The molecule has 0 spiro atoms. The lowest BCUT2D eigenvalue weighted by Crippen LogP contribution is -2.01. The normalized spacial score (nSPS) is 10.5. The summed E-state index contributed by atoms with van der Waals surface area (Å²) < 4.78 is 11.0. The molecule has 0 amide bonds. The lowest BCUT2D eigenvalue weighted by molar-refractivity contribution is -0.131. The molecule has 0 saturated carbocycles. The Balaban J connectivity index is 2.68. The van der Waals surface area contributed by atoms with E-state index in [9.17, 15) is 4.79 Å². The molecular weight excluding hydrogens is 268 g/mol. The van der Waals surface area contributed by atoms with Crippen LogP contribution in [0.1, 0.15) is 31.2 Å². The molecule has 21 heavy (non-hydrogen) atoms. The van der Waals surface area contributed by atoms with Gasteiger partial charge in [-0.05, 0) is 37.8 Å². The Morgan fingerprint density at radius 1 is 1.33 bits per heavy atom. The second-order valence-corrected chi connectivity index (χ2v) is 4.54. The first kappa shape index (κ1) is 16.8. The summed E-state index contributed by atoms with van der Waals surface area (Å²) in [6, 6.07) is 5.40. The maximum atomic E-state index is 10.6. The SMILES string of the molecule is C=CCCCCCOc1c(/C=C/C(=O)O)cccc1OC. The number of para-hydroxylation sites is 1. The number of ether oxygens (including phenoxy) is 2. The van der Waals surface area contributed by atoms with Crippen molar-refractivity contribution >= 4 is 12.0 Å². The molecule has 1 aromatic carbocycles. The van der Waals surface area contributed by atoms with Crippen molar-refractivity contribution in [3.05, 3.63) is 42.5 Å². The summed E-state index contributed by atoms with van der Waals surface area (Å²) in [4.78, 5) is 10.6. The minimum absolute atomic E-state index is 0.575. The zero-order valence-electron chi connectivity index (χ0n) is 12.4. The molecule has 0 aliphatic rings. The number of hydrogen-bond acceptors (Lipinski definition) is 3. The van der Waals surface area contributed by atoms with Crippen molar-refractivity contribution in [2.45, 2.75) is 25.7 Å². The molecule has 0 bridgehead atoms. The van der Waals surface area contributed by atoms with Crippen LogP contribution >= 0.6 is 0 Å². The molecule has 0 aromatic heterocycles. The highest BCUT2D eigenvalue weighted by atomic mass is 16.5. The Kier molecular flexibility index (Phi) is 7.72. The van der Waals surface area contributed by atoms with E-state index in [-0.39, 0.29) is 0 Å². The first-order valence-corrected chi connectivity index (χ1v) is 7.00. The predicted molar refractivity (Wildman–Crippen MR) is 83.8 cm³/mol. The van der Waals surface area contributed by atoms with Gasteiger partial charge in [0.05, 0.1) is 13.7 Å². The van der Waals surface area contributed by atoms with Gasteiger partial charge in [0.1, 0.15) is 0 Å². The van der Waals surface area contributed by atoms with Crippen molar-refractivity contribution in [2.24, 2.45) is 0 Å². The van der Waals surface area contributed by atoms with Gasteiger partial charge < -0.3 is 14.6 Å². The summed E-state index contributed by atoms with van der Waals surface area (Å²) in [7, 11) is 1.57. The van der Waals surface area contributed by atoms with E-state index in [0.717, 1.165) is 31.8 Å². The number of hydrogen-bond donors (Lipinski definition) is 1. The van der Waals surface area contributed by atoms with Crippen LogP contribution in [0.15, 0.2) is 36.9 Å². The number of carbonyl (C=O) groups is 1. The molecule has 0 atom stereocenters. The highest BCUT2D eigenvalue weighted by Gasteiger charge is 2.08. The van der Waals surface area contributed by atoms with E-state index in [2.05, 4.69) is 6.58 Å². The van der Waals surface area contributed by atoms with Crippen LogP contribution < -0.4 is 9.47 Å². The Labute approximate surface area is 125 Å². The van der Waals surface area contributed by atoms with Crippen LogP contribution in [0.3, 0.4) is 0 Å². The third-order valence-corrected chi connectivity index (χ3v) is 2.93. The third kappa shape index (κ3) is 6.17. The van der Waals surface area contributed by atoms with Crippen molar-refractivity contribution < 1.29 is 19.4 Å². The average molecular weight is 290 g/mol. The monoisotopic (exact) mass is 290 g/mol. The fourth-order valence-corrected chi connectivity index (χ4v) is 1.88. The van der Waals surface area contributed by atoms with Gasteiger partial charge in [-0.15, -0.1) is 6.58 Å². The van der Waals surface area contributed by atoms with E-state index in [4.69, 9.17) is 14.6 Å². The van der Waals surface area contributed by atoms with Gasteiger partial charge in [0, 0.05) is 11.6 Å². The summed E-state index contributed by atoms with van der Waals surface area (Å²) in [5.74, 6) is 0.197.